The molecule has 1 heterocycles. The van der Waals surface area contributed by atoms with Crippen molar-refractivity contribution in [2.45, 2.75) is 19.4 Å². The predicted octanol–water partition coefficient (Wildman–Crippen LogP) is 0.877. The first-order valence-electron chi connectivity index (χ1n) is 4.79. The Morgan fingerprint density at radius 1 is 1.54 bits per heavy atom. The maximum Gasteiger partial charge on any atom is 0.0499 e. The molecule has 3 nitrogen and oxygen atoms in total. The molecule has 0 saturated heterocycles. The molecule has 0 aromatic carbocycles. The van der Waals surface area contributed by atoms with Crippen molar-refractivity contribution in [3.8, 4) is 0 Å². The van der Waals surface area contributed by atoms with Crippen LogP contribution in [-0.4, -0.2) is 23.2 Å². The largest absolute Gasteiger partial charge is 0.396 e. The van der Waals surface area contributed by atoms with E-state index in [4.69, 9.17) is 5.11 Å². The van der Waals surface area contributed by atoms with Gasteiger partial charge >= 0.3 is 0 Å². The van der Waals surface area contributed by atoms with Crippen LogP contribution < -0.4 is 5.32 Å². The van der Waals surface area contributed by atoms with E-state index in [9.17, 15) is 0 Å². The molecule has 1 aromatic rings. The molecule has 0 radical (unpaired) electrons. The van der Waals surface area contributed by atoms with Crippen LogP contribution in [0.2, 0.25) is 0 Å². The zero-order valence-electron chi connectivity index (χ0n) is 7.71. The average Bonchev–Trinajstić information content (AvgIpc) is 2.74. The van der Waals surface area contributed by atoms with E-state index in [-0.39, 0.29) is 5.41 Å². The van der Waals surface area contributed by atoms with Gasteiger partial charge < -0.3 is 15.4 Å². The van der Waals surface area contributed by atoms with Crippen molar-refractivity contribution in [3.63, 3.8) is 0 Å². The Morgan fingerprint density at radius 3 is 2.92 bits per heavy atom. The van der Waals surface area contributed by atoms with E-state index in [1.165, 1.54) is 18.5 Å². The van der Waals surface area contributed by atoms with Crippen LogP contribution in [0.25, 0.3) is 0 Å². The van der Waals surface area contributed by atoms with Gasteiger partial charge in [-0.1, -0.05) is 0 Å². The summed E-state index contributed by atoms with van der Waals surface area (Å²) in [7, 11) is 0. The van der Waals surface area contributed by atoms with Gasteiger partial charge in [-0.25, -0.2) is 0 Å². The number of rotatable bonds is 5. The van der Waals surface area contributed by atoms with E-state index < -0.39 is 0 Å². The Labute approximate surface area is 78.2 Å². The maximum atomic E-state index is 9.07. The zero-order chi connectivity index (χ0) is 9.15. The summed E-state index contributed by atoms with van der Waals surface area (Å²) in [5, 5.41) is 12.4. The molecule has 0 bridgehead atoms. The number of hydrogen-bond donors (Lipinski definition) is 3. The summed E-state index contributed by atoms with van der Waals surface area (Å²) in [6, 6.07) is 4.06. The van der Waals surface area contributed by atoms with E-state index in [0.717, 1.165) is 13.1 Å². The molecule has 1 saturated carbocycles. The van der Waals surface area contributed by atoms with Gasteiger partial charge in [0.1, 0.15) is 0 Å². The molecule has 72 valence electrons. The van der Waals surface area contributed by atoms with Crippen molar-refractivity contribution >= 4 is 0 Å². The van der Waals surface area contributed by atoms with Crippen LogP contribution in [-0.2, 0) is 6.54 Å². The first kappa shape index (κ1) is 8.78. The van der Waals surface area contributed by atoms with E-state index >= 15 is 0 Å². The topological polar surface area (TPSA) is 48.0 Å². The van der Waals surface area contributed by atoms with Gasteiger partial charge in [-0.05, 0) is 25.0 Å². The van der Waals surface area contributed by atoms with Gasteiger partial charge in [0.2, 0.25) is 0 Å². The van der Waals surface area contributed by atoms with Gasteiger partial charge in [0.15, 0.2) is 0 Å². The molecule has 1 aromatic heterocycles. The summed E-state index contributed by atoms with van der Waals surface area (Å²) in [5.74, 6) is 0. The lowest BCUT2D eigenvalue weighted by Gasteiger charge is -2.11. The van der Waals surface area contributed by atoms with Crippen LogP contribution in [0, 0.1) is 5.41 Å². The summed E-state index contributed by atoms with van der Waals surface area (Å²) in [4.78, 5) is 3.14. The summed E-state index contributed by atoms with van der Waals surface area (Å²) in [6.45, 7) is 2.13. The quantitative estimate of drug-likeness (QED) is 0.630. The lowest BCUT2D eigenvalue weighted by molar-refractivity contribution is 0.207. The minimum atomic E-state index is 0.215. The van der Waals surface area contributed by atoms with Crippen molar-refractivity contribution in [2.75, 3.05) is 13.2 Å². The third-order valence-electron chi connectivity index (χ3n) is 2.77. The number of aromatic amines is 1. The first-order chi connectivity index (χ1) is 6.35. The maximum absolute atomic E-state index is 9.07. The van der Waals surface area contributed by atoms with Crippen LogP contribution >= 0.6 is 0 Å². The van der Waals surface area contributed by atoms with E-state index in [2.05, 4.69) is 16.4 Å². The molecule has 13 heavy (non-hydrogen) atoms. The monoisotopic (exact) mass is 180 g/mol. The standard InChI is InChI=1S/C10H16N2O/c13-8-10(3-4-10)7-11-6-9-2-1-5-12-9/h1-2,5,11-13H,3-4,6-8H2. The minimum absolute atomic E-state index is 0.215. The number of aliphatic hydroxyl groups is 1. The van der Waals surface area contributed by atoms with Gasteiger partial charge in [-0.3, -0.25) is 0 Å². The Hall–Kier alpha value is -0.800. The van der Waals surface area contributed by atoms with Crippen LogP contribution in [0.5, 0.6) is 0 Å². The lowest BCUT2D eigenvalue weighted by atomic mass is 10.1. The van der Waals surface area contributed by atoms with E-state index in [1.807, 2.05) is 12.3 Å². The smallest absolute Gasteiger partial charge is 0.0499 e. The average molecular weight is 180 g/mol. The first-order valence-corrected chi connectivity index (χ1v) is 4.79. The van der Waals surface area contributed by atoms with Gasteiger partial charge in [-0.15, -0.1) is 0 Å². The Balaban J connectivity index is 1.70. The third kappa shape index (κ3) is 2.11. The zero-order valence-corrected chi connectivity index (χ0v) is 7.71. The second-order valence-corrected chi connectivity index (χ2v) is 3.96. The molecule has 0 amide bonds. The highest BCUT2D eigenvalue weighted by atomic mass is 16.3. The summed E-state index contributed by atoms with van der Waals surface area (Å²) in [5.41, 5.74) is 1.42. The molecule has 0 aliphatic heterocycles. The van der Waals surface area contributed by atoms with E-state index in [1.54, 1.807) is 0 Å². The molecule has 2 rings (SSSR count). The third-order valence-corrected chi connectivity index (χ3v) is 2.77. The van der Waals surface area contributed by atoms with Crippen molar-refractivity contribution in [3.05, 3.63) is 24.0 Å². The molecular formula is C10H16N2O. The number of H-pyrrole nitrogens is 1. The fourth-order valence-corrected chi connectivity index (χ4v) is 1.51. The number of aliphatic hydroxyl groups excluding tert-OH is 1. The van der Waals surface area contributed by atoms with Crippen molar-refractivity contribution in [1.82, 2.24) is 10.3 Å². The second-order valence-electron chi connectivity index (χ2n) is 3.96. The molecule has 0 spiro atoms. The lowest BCUT2D eigenvalue weighted by Crippen LogP contribution is -2.26. The summed E-state index contributed by atoms with van der Waals surface area (Å²) < 4.78 is 0. The summed E-state index contributed by atoms with van der Waals surface area (Å²) in [6.07, 6.45) is 4.26. The number of aromatic nitrogens is 1. The van der Waals surface area contributed by atoms with Gasteiger partial charge in [0.05, 0.1) is 0 Å². The molecule has 0 atom stereocenters. The van der Waals surface area contributed by atoms with Gasteiger partial charge in [0.25, 0.3) is 0 Å². The van der Waals surface area contributed by atoms with Crippen molar-refractivity contribution in [1.29, 1.82) is 0 Å². The fraction of sp³-hybridized carbons (Fsp3) is 0.600. The number of nitrogens with one attached hydrogen (secondary N) is 2. The van der Waals surface area contributed by atoms with Crippen LogP contribution in [0.1, 0.15) is 18.5 Å². The highest BCUT2D eigenvalue weighted by Crippen LogP contribution is 2.44. The highest BCUT2D eigenvalue weighted by Gasteiger charge is 2.41. The molecule has 1 aliphatic carbocycles. The van der Waals surface area contributed by atoms with Crippen molar-refractivity contribution < 1.29 is 5.11 Å². The Bertz CT molecular complexity index is 252. The van der Waals surface area contributed by atoms with Gasteiger partial charge in [-0.2, -0.15) is 0 Å². The number of hydrogen-bond acceptors (Lipinski definition) is 2. The molecule has 1 aliphatic rings. The summed E-state index contributed by atoms with van der Waals surface area (Å²) >= 11 is 0. The van der Waals surface area contributed by atoms with Crippen LogP contribution in [0.15, 0.2) is 18.3 Å². The highest BCUT2D eigenvalue weighted by molar-refractivity contribution is 5.03. The van der Waals surface area contributed by atoms with Crippen LogP contribution in [0.4, 0.5) is 0 Å². The molecular weight excluding hydrogens is 164 g/mol. The van der Waals surface area contributed by atoms with Crippen molar-refractivity contribution in [2.24, 2.45) is 5.41 Å². The Morgan fingerprint density at radius 2 is 2.38 bits per heavy atom. The van der Waals surface area contributed by atoms with E-state index in [0.29, 0.717) is 6.61 Å². The second kappa shape index (κ2) is 3.52. The predicted molar refractivity (Wildman–Crippen MR) is 51.3 cm³/mol. The fourth-order valence-electron chi connectivity index (χ4n) is 1.51. The minimum Gasteiger partial charge on any atom is -0.396 e. The molecule has 1 fully saturated rings. The molecule has 0 unspecified atom stereocenters. The Kier molecular flexibility index (Phi) is 2.38. The molecule has 3 N–H and O–H groups in total. The van der Waals surface area contributed by atoms with Crippen LogP contribution in [0.3, 0.4) is 0 Å². The normalized spacial score (nSPS) is 18.8. The molecule has 3 heteroatoms. The van der Waals surface area contributed by atoms with Gasteiger partial charge in [0, 0.05) is 37.0 Å². The SMILES string of the molecule is OCC1(CNCc2ccc[nH]2)CC1.